The Bertz CT molecular complexity index is 597. The van der Waals surface area contributed by atoms with Gasteiger partial charge in [-0.1, -0.05) is 30.3 Å². The standard InChI is InChI=1S/C15H17NO7/c1-20-14-13(8-7-12(9-17)22-14)16(19)15(18)23-21-10-11-5-3-2-4-6-11/h2-7,17,19H,8-10H2,1H3. The van der Waals surface area contributed by atoms with Crippen molar-refractivity contribution in [2.75, 3.05) is 13.7 Å². The molecule has 0 fully saturated rings. The van der Waals surface area contributed by atoms with Crippen molar-refractivity contribution in [1.82, 2.24) is 5.06 Å². The van der Waals surface area contributed by atoms with Crippen LogP contribution >= 0.6 is 0 Å². The summed E-state index contributed by atoms with van der Waals surface area (Å²) in [6, 6.07) is 9.08. The van der Waals surface area contributed by atoms with Gasteiger partial charge in [0.2, 0.25) is 0 Å². The second-order valence-electron chi connectivity index (χ2n) is 4.48. The molecule has 1 heterocycles. The second kappa shape index (κ2) is 8.18. The highest BCUT2D eigenvalue weighted by Gasteiger charge is 2.27. The van der Waals surface area contributed by atoms with Gasteiger partial charge in [0.05, 0.1) is 7.11 Å². The molecule has 0 radical (unpaired) electrons. The zero-order chi connectivity index (χ0) is 16.7. The van der Waals surface area contributed by atoms with Crippen LogP contribution in [0, 0.1) is 0 Å². The van der Waals surface area contributed by atoms with Gasteiger partial charge < -0.3 is 14.6 Å². The number of ether oxygens (including phenoxy) is 2. The molecule has 23 heavy (non-hydrogen) atoms. The molecular formula is C15H17NO7. The maximum atomic E-state index is 11.8. The topological polar surface area (TPSA) is 97.7 Å². The molecule has 8 heteroatoms. The number of nitrogens with zero attached hydrogens (tertiary/aromatic N) is 1. The zero-order valence-corrected chi connectivity index (χ0v) is 12.5. The van der Waals surface area contributed by atoms with Gasteiger partial charge in [0.1, 0.15) is 24.7 Å². The average molecular weight is 323 g/mol. The van der Waals surface area contributed by atoms with Crippen molar-refractivity contribution in [2.24, 2.45) is 0 Å². The van der Waals surface area contributed by atoms with Crippen LogP contribution < -0.4 is 0 Å². The van der Waals surface area contributed by atoms with Crippen LogP contribution in [0.25, 0.3) is 0 Å². The molecule has 1 aromatic carbocycles. The quantitative estimate of drug-likeness (QED) is 0.470. The van der Waals surface area contributed by atoms with E-state index in [1.165, 1.54) is 13.2 Å². The van der Waals surface area contributed by atoms with Gasteiger partial charge >= 0.3 is 12.0 Å². The first-order valence-electron chi connectivity index (χ1n) is 6.77. The van der Waals surface area contributed by atoms with Crippen LogP contribution in [-0.4, -0.2) is 35.2 Å². The van der Waals surface area contributed by atoms with Gasteiger partial charge in [-0.25, -0.2) is 4.79 Å². The molecular weight excluding hydrogens is 306 g/mol. The van der Waals surface area contributed by atoms with Crippen molar-refractivity contribution in [3.63, 3.8) is 0 Å². The number of hydroxylamine groups is 2. The van der Waals surface area contributed by atoms with Gasteiger partial charge in [-0.3, -0.25) is 10.1 Å². The van der Waals surface area contributed by atoms with E-state index >= 15 is 0 Å². The van der Waals surface area contributed by atoms with Crippen LogP contribution in [0.4, 0.5) is 4.79 Å². The fourth-order valence-corrected chi connectivity index (χ4v) is 1.81. The van der Waals surface area contributed by atoms with Crippen molar-refractivity contribution in [3.05, 3.63) is 59.4 Å². The van der Waals surface area contributed by atoms with E-state index < -0.39 is 6.09 Å². The van der Waals surface area contributed by atoms with Crippen molar-refractivity contribution in [3.8, 4) is 0 Å². The molecule has 1 aliphatic heterocycles. The third-order valence-corrected chi connectivity index (χ3v) is 2.95. The summed E-state index contributed by atoms with van der Waals surface area (Å²) in [4.78, 5) is 21.1. The van der Waals surface area contributed by atoms with Crippen LogP contribution in [0.2, 0.25) is 0 Å². The highest BCUT2D eigenvalue weighted by molar-refractivity contribution is 5.67. The predicted molar refractivity (Wildman–Crippen MR) is 76.2 cm³/mol. The normalized spacial score (nSPS) is 14.0. The fourth-order valence-electron chi connectivity index (χ4n) is 1.81. The molecule has 0 aromatic heterocycles. The van der Waals surface area contributed by atoms with E-state index in [2.05, 4.69) is 4.89 Å². The molecule has 0 aliphatic carbocycles. The van der Waals surface area contributed by atoms with Gasteiger partial charge in [-0.15, -0.1) is 0 Å². The Balaban J connectivity index is 1.90. The van der Waals surface area contributed by atoms with Crippen LogP contribution in [0.3, 0.4) is 0 Å². The van der Waals surface area contributed by atoms with Crippen LogP contribution in [-0.2, 0) is 25.9 Å². The Morgan fingerprint density at radius 2 is 2.09 bits per heavy atom. The molecule has 1 aliphatic rings. The molecule has 0 bridgehead atoms. The van der Waals surface area contributed by atoms with Crippen molar-refractivity contribution in [2.45, 2.75) is 13.0 Å². The van der Waals surface area contributed by atoms with Gasteiger partial charge in [0.25, 0.3) is 0 Å². The number of allylic oxidation sites excluding steroid dienone is 1. The largest absolute Gasteiger partial charge is 0.469 e. The predicted octanol–water partition coefficient (Wildman–Crippen LogP) is 2.06. The summed E-state index contributed by atoms with van der Waals surface area (Å²) >= 11 is 0. The molecule has 0 atom stereocenters. The van der Waals surface area contributed by atoms with Crippen molar-refractivity contribution in [1.29, 1.82) is 0 Å². The summed E-state index contributed by atoms with van der Waals surface area (Å²) in [5, 5.41) is 19.1. The summed E-state index contributed by atoms with van der Waals surface area (Å²) in [5.74, 6) is 0.145. The number of carbonyl (C=O) groups excluding carboxylic acids is 1. The molecule has 2 rings (SSSR count). The number of aliphatic hydroxyl groups is 1. The maximum Gasteiger partial charge on any atom is 0.469 e. The number of benzene rings is 1. The van der Waals surface area contributed by atoms with E-state index in [0.717, 1.165) is 5.56 Å². The van der Waals surface area contributed by atoms with E-state index in [1.807, 2.05) is 18.2 Å². The highest BCUT2D eigenvalue weighted by atomic mass is 17.2. The molecule has 1 amide bonds. The summed E-state index contributed by atoms with van der Waals surface area (Å²) in [5.41, 5.74) is 0.830. The maximum absolute atomic E-state index is 11.8. The number of rotatable bonds is 6. The molecule has 1 aromatic rings. The second-order valence-corrected chi connectivity index (χ2v) is 4.48. The summed E-state index contributed by atoms with van der Waals surface area (Å²) in [6.07, 6.45) is 0.470. The first-order valence-corrected chi connectivity index (χ1v) is 6.77. The number of amides is 1. The van der Waals surface area contributed by atoms with Crippen molar-refractivity contribution >= 4 is 6.09 Å². The van der Waals surface area contributed by atoms with Gasteiger partial charge in [0, 0.05) is 6.42 Å². The first kappa shape index (κ1) is 16.8. The average Bonchev–Trinajstić information content (AvgIpc) is 2.61. The van der Waals surface area contributed by atoms with Crippen molar-refractivity contribution < 1.29 is 34.4 Å². The fraction of sp³-hybridized carbons (Fsp3) is 0.267. The van der Waals surface area contributed by atoms with Crippen LogP contribution in [0.1, 0.15) is 12.0 Å². The lowest BCUT2D eigenvalue weighted by atomic mass is 10.2. The minimum absolute atomic E-state index is 0.0259. The third-order valence-electron chi connectivity index (χ3n) is 2.95. The number of hydrogen-bond donors (Lipinski definition) is 2. The molecule has 8 nitrogen and oxygen atoms in total. The first-order chi connectivity index (χ1) is 11.2. The van der Waals surface area contributed by atoms with E-state index in [0.29, 0.717) is 0 Å². The van der Waals surface area contributed by atoms with Gasteiger partial charge in [-0.2, -0.15) is 9.95 Å². The van der Waals surface area contributed by atoms with E-state index in [-0.39, 0.29) is 42.1 Å². The van der Waals surface area contributed by atoms with E-state index in [4.69, 9.17) is 19.5 Å². The molecule has 124 valence electrons. The molecule has 0 spiro atoms. The molecule has 0 saturated heterocycles. The minimum atomic E-state index is -1.14. The van der Waals surface area contributed by atoms with Gasteiger partial charge in [0.15, 0.2) is 0 Å². The highest BCUT2D eigenvalue weighted by Crippen LogP contribution is 2.24. The minimum Gasteiger partial charge on any atom is -0.467 e. The lowest BCUT2D eigenvalue weighted by molar-refractivity contribution is -0.268. The lowest BCUT2D eigenvalue weighted by Crippen LogP contribution is -2.30. The summed E-state index contributed by atoms with van der Waals surface area (Å²) in [7, 11) is 1.31. The molecule has 0 saturated carbocycles. The Labute approximate surface area is 132 Å². The summed E-state index contributed by atoms with van der Waals surface area (Å²) in [6.45, 7) is -0.280. The van der Waals surface area contributed by atoms with E-state index in [9.17, 15) is 10.0 Å². The number of hydrogen-bond acceptors (Lipinski definition) is 7. The monoisotopic (exact) mass is 323 g/mol. The Morgan fingerprint density at radius 3 is 2.74 bits per heavy atom. The Hall–Kier alpha value is -2.55. The number of carbonyl (C=O) groups is 1. The van der Waals surface area contributed by atoms with Crippen LogP contribution in [0.5, 0.6) is 0 Å². The third kappa shape index (κ3) is 4.46. The number of aliphatic hydroxyl groups excluding tert-OH is 1. The molecule has 2 N–H and O–H groups in total. The summed E-state index contributed by atoms with van der Waals surface area (Å²) < 4.78 is 10.1. The Kier molecular flexibility index (Phi) is 5.98. The van der Waals surface area contributed by atoms with Gasteiger partial charge in [-0.05, 0) is 11.6 Å². The smallest absolute Gasteiger partial charge is 0.467 e. The van der Waals surface area contributed by atoms with Crippen LogP contribution in [0.15, 0.2) is 53.8 Å². The van der Waals surface area contributed by atoms with E-state index in [1.54, 1.807) is 12.1 Å². The zero-order valence-electron chi connectivity index (χ0n) is 12.5. The number of methoxy groups -OCH3 is 1. The SMILES string of the molecule is COC1=C(N(O)C(=O)OOCc2ccccc2)CC=C(CO)O1. The lowest BCUT2D eigenvalue weighted by Gasteiger charge is -2.23. The molecule has 0 unspecified atom stereocenters. The Morgan fingerprint density at radius 1 is 1.35 bits per heavy atom.